The van der Waals surface area contributed by atoms with Crippen LogP contribution in [0.4, 0.5) is 0 Å². The van der Waals surface area contributed by atoms with E-state index in [1.165, 1.54) is 50.0 Å². The number of hydrogen-bond acceptors (Lipinski definition) is 1. The Morgan fingerprint density at radius 1 is 1.16 bits per heavy atom. The summed E-state index contributed by atoms with van der Waals surface area (Å²) in [5.74, 6) is 0.931. The second kappa shape index (κ2) is 6.09. The number of nitrogens with zero attached hydrogens (tertiary/aromatic N) is 1. The molecule has 1 heterocycles. The molecule has 1 heteroatoms. The minimum absolute atomic E-state index is 0.260. The second-order valence-corrected chi connectivity index (χ2v) is 7.22. The molecule has 0 bridgehead atoms. The van der Waals surface area contributed by atoms with Crippen molar-refractivity contribution in [2.24, 2.45) is 5.92 Å². The quantitative estimate of drug-likeness (QED) is 0.784. The van der Waals surface area contributed by atoms with Crippen LogP contribution in [-0.2, 0) is 11.8 Å². The van der Waals surface area contributed by atoms with Gasteiger partial charge >= 0.3 is 0 Å². The van der Waals surface area contributed by atoms with Gasteiger partial charge in [-0.05, 0) is 54.8 Å². The molecule has 19 heavy (non-hydrogen) atoms. The molecule has 1 aliphatic rings. The van der Waals surface area contributed by atoms with Crippen molar-refractivity contribution in [1.29, 1.82) is 0 Å². The van der Waals surface area contributed by atoms with Crippen LogP contribution >= 0.6 is 0 Å². The molecule has 0 aromatic heterocycles. The molecule has 1 fully saturated rings. The molecule has 1 nitrogen and oxygen atoms in total. The van der Waals surface area contributed by atoms with Gasteiger partial charge in [0.15, 0.2) is 0 Å². The third-order valence-electron chi connectivity index (χ3n) is 4.39. The normalized spacial score (nSPS) is 18.7. The van der Waals surface area contributed by atoms with Crippen LogP contribution in [0.3, 0.4) is 0 Å². The van der Waals surface area contributed by atoms with Gasteiger partial charge in [-0.1, -0.05) is 52.0 Å². The summed E-state index contributed by atoms with van der Waals surface area (Å²) in [6, 6.07) is 9.15. The maximum Gasteiger partial charge on any atom is 0.00218 e. The summed E-state index contributed by atoms with van der Waals surface area (Å²) < 4.78 is 0. The Balaban J connectivity index is 1.89. The SMILES string of the molecule is CC1CCN(CCc2cccc(C(C)(C)C)c2)CC1. The molecule has 1 aromatic carbocycles. The molecular formula is C18H29N. The van der Waals surface area contributed by atoms with E-state index in [9.17, 15) is 0 Å². The van der Waals surface area contributed by atoms with Crippen molar-refractivity contribution in [2.75, 3.05) is 19.6 Å². The van der Waals surface area contributed by atoms with Gasteiger partial charge in [-0.3, -0.25) is 0 Å². The van der Waals surface area contributed by atoms with Gasteiger partial charge in [-0.25, -0.2) is 0 Å². The van der Waals surface area contributed by atoms with Gasteiger partial charge in [0.25, 0.3) is 0 Å². The zero-order chi connectivity index (χ0) is 13.9. The molecule has 0 N–H and O–H groups in total. The van der Waals surface area contributed by atoms with Crippen molar-refractivity contribution in [2.45, 2.75) is 52.4 Å². The second-order valence-electron chi connectivity index (χ2n) is 7.22. The van der Waals surface area contributed by atoms with Crippen molar-refractivity contribution in [3.63, 3.8) is 0 Å². The zero-order valence-corrected chi connectivity index (χ0v) is 13.1. The van der Waals surface area contributed by atoms with E-state index < -0.39 is 0 Å². The van der Waals surface area contributed by atoms with E-state index in [0.717, 1.165) is 5.92 Å². The molecule has 0 atom stereocenters. The van der Waals surface area contributed by atoms with Crippen LogP contribution in [0.5, 0.6) is 0 Å². The first-order valence-corrected chi connectivity index (χ1v) is 7.77. The summed E-state index contributed by atoms with van der Waals surface area (Å²) >= 11 is 0. The van der Waals surface area contributed by atoms with Crippen LogP contribution in [-0.4, -0.2) is 24.5 Å². The maximum atomic E-state index is 2.63. The Hall–Kier alpha value is -0.820. The maximum absolute atomic E-state index is 2.63. The summed E-state index contributed by atoms with van der Waals surface area (Å²) in [7, 11) is 0. The molecule has 1 saturated heterocycles. The van der Waals surface area contributed by atoms with E-state index in [1.807, 2.05) is 0 Å². The van der Waals surface area contributed by atoms with Crippen molar-refractivity contribution in [3.8, 4) is 0 Å². The lowest BCUT2D eigenvalue weighted by atomic mass is 9.86. The lowest BCUT2D eigenvalue weighted by molar-refractivity contribution is 0.194. The predicted molar refractivity (Wildman–Crippen MR) is 83.7 cm³/mol. The highest BCUT2D eigenvalue weighted by Crippen LogP contribution is 2.23. The Morgan fingerprint density at radius 3 is 2.47 bits per heavy atom. The molecule has 2 rings (SSSR count). The van der Waals surface area contributed by atoms with Gasteiger partial charge in [-0.15, -0.1) is 0 Å². The van der Waals surface area contributed by atoms with Crippen molar-refractivity contribution >= 4 is 0 Å². The highest BCUT2D eigenvalue weighted by Gasteiger charge is 2.16. The molecule has 0 aliphatic carbocycles. The molecule has 1 aromatic rings. The van der Waals surface area contributed by atoms with Gasteiger partial charge in [0, 0.05) is 6.54 Å². The highest BCUT2D eigenvalue weighted by molar-refractivity contribution is 5.28. The largest absolute Gasteiger partial charge is 0.303 e. The fourth-order valence-electron chi connectivity index (χ4n) is 2.77. The third kappa shape index (κ3) is 4.35. The highest BCUT2D eigenvalue weighted by atomic mass is 15.1. The predicted octanol–water partition coefficient (Wildman–Crippen LogP) is 4.26. The molecule has 0 spiro atoms. The van der Waals surface area contributed by atoms with Gasteiger partial charge in [0.05, 0.1) is 0 Å². The summed E-state index contributed by atoms with van der Waals surface area (Å²) in [6.07, 6.45) is 3.95. The van der Waals surface area contributed by atoms with E-state index >= 15 is 0 Å². The standard InChI is InChI=1S/C18H29N/c1-15-8-11-19(12-9-15)13-10-16-6-5-7-17(14-16)18(2,3)4/h5-7,14-15H,8-13H2,1-4H3. The number of rotatable bonds is 3. The monoisotopic (exact) mass is 259 g/mol. The van der Waals surface area contributed by atoms with Gasteiger partial charge in [0.2, 0.25) is 0 Å². The smallest absolute Gasteiger partial charge is 0.00218 e. The first-order chi connectivity index (χ1) is 8.95. The third-order valence-corrected chi connectivity index (χ3v) is 4.39. The summed E-state index contributed by atoms with van der Waals surface area (Å²) in [6.45, 7) is 13.1. The van der Waals surface area contributed by atoms with E-state index in [0.29, 0.717) is 0 Å². The Morgan fingerprint density at radius 2 is 1.84 bits per heavy atom. The first-order valence-electron chi connectivity index (χ1n) is 7.77. The molecule has 0 amide bonds. The van der Waals surface area contributed by atoms with Crippen LogP contribution in [0.2, 0.25) is 0 Å². The van der Waals surface area contributed by atoms with Crippen LogP contribution in [0.1, 0.15) is 51.7 Å². The molecule has 0 saturated carbocycles. The molecule has 0 unspecified atom stereocenters. The van der Waals surface area contributed by atoms with Crippen molar-refractivity contribution in [3.05, 3.63) is 35.4 Å². The topological polar surface area (TPSA) is 3.24 Å². The summed E-state index contributed by atoms with van der Waals surface area (Å²) in [4.78, 5) is 2.63. The van der Waals surface area contributed by atoms with E-state index in [4.69, 9.17) is 0 Å². The number of piperidine rings is 1. The average Bonchev–Trinajstić information content (AvgIpc) is 2.37. The number of benzene rings is 1. The first kappa shape index (κ1) is 14.6. The van der Waals surface area contributed by atoms with Crippen LogP contribution < -0.4 is 0 Å². The lowest BCUT2D eigenvalue weighted by Crippen LogP contribution is -2.34. The van der Waals surface area contributed by atoms with Crippen molar-refractivity contribution < 1.29 is 0 Å². The number of likely N-dealkylation sites (tertiary alicyclic amines) is 1. The molecular weight excluding hydrogens is 230 g/mol. The Kier molecular flexibility index (Phi) is 4.67. The van der Waals surface area contributed by atoms with Crippen LogP contribution in [0.25, 0.3) is 0 Å². The fourth-order valence-corrected chi connectivity index (χ4v) is 2.77. The lowest BCUT2D eigenvalue weighted by Gasteiger charge is -2.30. The number of hydrogen-bond donors (Lipinski definition) is 0. The van der Waals surface area contributed by atoms with Crippen LogP contribution in [0, 0.1) is 5.92 Å². The van der Waals surface area contributed by atoms with Gasteiger partial charge in [-0.2, -0.15) is 0 Å². The Bertz CT molecular complexity index is 394. The van der Waals surface area contributed by atoms with E-state index in [1.54, 1.807) is 0 Å². The minimum Gasteiger partial charge on any atom is -0.303 e. The average molecular weight is 259 g/mol. The molecule has 0 radical (unpaired) electrons. The van der Waals surface area contributed by atoms with Gasteiger partial charge in [0.1, 0.15) is 0 Å². The Labute approximate surface area is 119 Å². The zero-order valence-electron chi connectivity index (χ0n) is 13.1. The molecule has 1 aliphatic heterocycles. The van der Waals surface area contributed by atoms with Crippen molar-refractivity contribution in [1.82, 2.24) is 4.90 Å². The summed E-state index contributed by atoms with van der Waals surface area (Å²) in [5.41, 5.74) is 3.21. The van der Waals surface area contributed by atoms with E-state index in [2.05, 4.69) is 56.9 Å². The summed E-state index contributed by atoms with van der Waals surface area (Å²) in [5, 5.41) is 0. The van der Waals surface area contributed by atoms with E-state index in [-0.39, 0.29) is 5.41 Å². The van der Waals surface area contributed by atoms with Gasteiger partial charge < -0.3 is 4.90 Å². The molecule has 106 valence electrons. The van der Waals surface area contributed by atoms with Crippen LogP contribution in [0.15, 0.2) is 24.3 Å². The fraction of sp³-hybridized carbons (Fsp3) is 0.667. The minimum atomic E-state index is 0.260.